The molecule has 0 unspecified atom stereocenters. The Balaban J connectivity index is 2.61. The molecule has 0 aliphatic carbocycles. The quantitative estimate of drug-likeness (QED) is 0.737. The van der Waals surface area contributed by atoms with E-state index in [9.17, 15) is 4.79 Å². The van der Waals surface area contributed by atoms with Gasteiger partial charge in [-0.1, -0.05) is 6.07 Å². The van der Waals surface area contributed by atoms with Crippen LogP contribution < -0.4 is 5.56 Å². The summed E-state index contributed by atoms with van der Waals surface area (Å²) in [7, 11) is 0. The van der Waals surface area contributed by atoms with Crippen molar-refractivity contribution in [3.63, 3.8) is 0 Å². The summed E-state index contributed by atoms with van der Waals surface area (Å²) in [6.07, 6.45) is 3.49. The average Bonchev–Trinajstić information content (AvgIpc) is 2.18. The van der Waals surface area contributed by atoms with Gasteiger partial charge in [0.05, 0.1) is 0 Å². The van der Waals surface area contributed by atoms with E-state index in [-0.39, 0.29) is 5.56 Å². The molecular weight excluding hydrogens is 176 g/mol. The van der Waals surface area contributed by atoms with Gasteiger partial charge in [-0.15, -0.1) is 0 Å². The Labute approximate surface area is 81.5 Å². The van der Waals surface area contributed by atoms with E-state index >= 15 is 0 Å². The van der Waals surface area contributed by atoms with E-state index in [1.165, 1.54) is 6.07 Å². The molecule has 2 heterocycles. The standard InChI is InChI=1S/C11H10N2O/c1-8-7-12-6-5-9(8)10-3-2-4-11(14)13-10/h2-7H,1H3,(H,13,14). The van der Waals surface area contributed by atoms with E-state index in [4.69, 9.17) is 0 Å². The van der Waals surface area contributed by atoms with Crippen molar-refractivity contribution in [3.05, 3.63) is 52.6 Å². The van der Waals surface area contributed by atoms with Gasteiger partial charge in [0, 0.05) is 29.7 Å². The summed E-state index contributed by atoms with van der Waals surface area (Å²) in [5.74, 6) is 0. The Morgan fingerprint density at radius 3 is 2.86 bits per heavy atom. The zero-order chi connectivity index (χ0) is 9.97. The van der Waals surface area contributed by atoms with Crippen molar-refractivity contribution in [1.29, 1.82) is 0 Å². The molecular formula is C11H10N2O. The van der Waals surface area contributed by atoms with E-state index in [0.717, 1.165) is 16.8 Å². The fourth-order valence-electron chi connectivity index (χ4n) is 1.38. The first-order valence-corrected chi connectivity index (χ1v) is 4.38. The second-order valence-corrected chi connectivity index (χ2v) is 3.12. The molecule has 0 saturated carbocycles. The monoisotopic (exact) mass is 186 g/mol. The van der Waals surface area contributed by atoms with Crippen LogP contribution >= 0.6 is 0 Å². The summed E-state index contributed by atoms with van der Waals surface area (Å²) in [5.41, 5.74) is 2.81. The molecule has 0 aliphatic rings. The fraction of sp³-hybridized carbons (Fsp3) is 0.0909. The molecule has 3 heteroatoms. The van der Waals surface area contributed by atoms with Crippen LogP contribution in [0.2, 0.25) is 0 Å². The van der Waals surface area contributed by atoms with E-state index < -0.39 is 0 Å². The highest BCUT2D eigenvalue weighted by molar-refractivity contribution is 5.61. The van der Waals surface area contributed by atoms with Gasteiger partial charge in [-0.05, 0) is 24.6 Å². The highest BCUT2D eigenvalue weighted by Crippen LogP contribution is 2.17. The summed E-state index contributed by atoms with van der Waals surface area (Å²) in [6.45, 7) is 1.97. The summed E-state index contributed by atoms with van der Waals surface area (Å²) < 4.78 is 0. The van der Waals surface area contributed by atoms with Gasteiger partial charge in [-0.2, -0.15) is 0 Å². The first-order chi connectivity index (χ1) is 6.77. The second kappa shape index (κ2) is 3.46. The van der Waals surface area contributed by atoms with E-state index in [2.05, 4.69) is 9.97 Å². The van der Waals surface area contributed by atoms with Crippen LogP contribution in [0.1, 0.15) is 5.56 Å². The van der Waals surface area contributed by atoms with Gasteiger partial charge in [0.25, 0.3) is 0 Å². The highest BCUT2D eigenvalue weighted by Gasteiger charge is 2.00. The maximum atomic E-state index is 11.1. The summed E-state index contributed by atoms with van der Waals surface area (Å²) >= 11 is 0. The van der Waals surface area contributed by atoms with Crippen molar-refractivity contribution in [3.8, 4) is 11.3 Å². The number of aromatic nitrogens is 2. The summed E-state index contributed by atoms with van der Waals surface area (Å²) in [5, 5.41) is 0. The first kappa shape index (κ1) is 8.69. The lowest BCUT2D eigenvalue weighted by Crippen LogP contribution is -2.04. The number of H-pyrrole nitrogens is 1. The van der Waals surface area contributed by atoms with Gasteiger partial charge in [0.1, 0.15) is 0 Å². The van der Waals surface area contributed by atoms with Crippen LogP contribution in [-0.4, -0.2) is 9.97 Å². The van der Waals surface area contributed by atoms with Gasteiger partial charge in [-0.3, -0.25) is 9.78 Å². The lowest BCUT2D eigenvalue weighted by Gasteiger charge is -2.03. The Hall–Kier alpha value is -1.90. The Bertz CT molecular complexity index is 502. The minimum Gasteiger partial charge on any atom is -0.322 e. The van der Waals surface area contributed by atoms with Crippen LogP contribution in [0.25, 0.3) is 11.3 Å². The van der Waals surface area contributed by atoms with Crippen molar-refractivity contribution < 1.29 is 0 Å². The van der Waals surface area contributed by atoms with Gasteiger partial charge in [0.2, 0.25) is 5.56 Å². The molecule has 2 aromatic heterocycles. The fourth-order valence-corrected chi connectivity index (χ4v) is 1.38. The SMILES string of the molecule is Cc1cnccc1-c1cccc(=O)[nH]1. The Morgan fingerprint density at radius 1 is 1.29 bits per heavy atom. The normalized spacial score (nSPS) is 10.1. The molecule has 0 spiro atoms. The molecule has 14 heavy (non-hydrogen) atoms. The third kappa shape index (κ3) is 1.57. The predicted molar refractivity (Wildman–Crippen MR) is 55.0 cm³/mol. The largest absolute Gasteiger partial charge is 0.322 e. The summed E-state index contributed by atoms with van der Waals surface area (Å²) in [6, 6.07) is 7.01. The number of aryl methyl sites for hydroxylation is 1. The molecule has 1 N–H and O–H groups in total. The first-order valence-electron chi connectivity index (χ1n) is 4.38. The van der Waals surface area contributed by atoms with Crippen molar-refractivity contribution in [2.45, 2.75) is 6.92 Å². The highest BCUT2D eigenvalue weighted by atomic mass is 16.1. The maximum Gasteiger partial charge on any atom is 0.248 e. The van der Waals surface area contributed by atoms with Crippen LogP contribution in [0.15, 0.2) is 41.5 Å². The molecule has 2 rings (SSSR count). The zero-order valence-electron chi connectivity index (χ0n) is 7.82. The minimum absolute atomic E-state index is 0.0845. The molecule has 0 aliphatic heterocycles. The van der Waals surface area contributed by atoms with Gasteiger partial charge < -0.3 is 4.98 Å². The number of hydrogen-bond donors (Lipinski definition) is 1. The van der Waals surface area contributed by atoms with E-state index in [1.807, 2.05) is 19.1 Å². The average molecular weight is 186 g/mol. The topological polar surface area (TPSA) is 45.8 Å². The van der Waals surface area contributed by atoms with Crippen molar-refractivity contribution in [2.75, 3.05) is 0 Å². The number of rotatable bonds is 1. The number of nitrogens with one attached hydrogen (secondary N) is 1. The number of nitrogens with zero attached hydrogens (tertiary/aromatic N) is 1. The maximum absolute atomic E-state index is 11.1. The van der Waals surface area contributed by atoms with Crippen LogP contribution in [0, 0.1) is 6.92 Å². The van der Waals surface area contributed by atoms with E-state index in [1.54, 1.807) is 18.5 Å². The van der Waals surface area contributed by atoms with Crippen molar-refractivity contribution in [2.24, 2.45) is 0 Å². The van der Waals surface area contributed by atoms with Gasteiger partial charge in [0.15, 0.2) is 0 Å². The molecule has 0 radical (unpaired) electrons. The van der Waals surface area contributed by atoms with E-state index in [0.29, 0.717) is 0 Å². The predicted octanol–water partition coefficient (Wildman–Crippen LogP) is 1.75. The molecule has 2 aromatic rings. The zero-order valence-corrected chi connectivity index (χ0v) is 7.82. The van der Waals surface area contributed by atoms with Crippen LogP contribution in [0.4, 0.5) is 0 Å². The van der Waals surface area contributed by atoms with Crippen molar-refractivity contribution >= 4 is 0 Å². The van der Waals surface area contributed by atoms with Crippen LogP contribution in [-0.2, 0) is 0 Å². The molecule has 70 valence electrons. The van der Waals surface area contributed by atoms with Gasteiger partial charge in [-0.25, -0.2) is 0 Å². The van der Waals surface area contributed by atoms with Crippen LogP contribution in [0.3, 0.4) is 0 Å². The third-order valence-electron chi connectivity index (χ3n) is 2.08. The lowest BCUT2D eigenvalue weighted by molar-refractivity contribution is 1.21. The molecule has 0 bridgehead atoms. The van der Waals surface area contributed by atoms with Crippen molar-refractivity contribution in [1.82, 2.24) is 9.97 Å². The number of aromatic amines is 1. The second-order valence-electron chi connectivity index (χ2n) is 3.12. The number of hydrogen-bond acceptors (Lipinski definition) is 2. The molecule has 0 amide bonds. The number of pyridine rings is 2. The Morgan fingerprint density at radius 2 is 2.14 bits per heavy atom. The third-order valence-corrected chi connectivity index (χ3v) is 2.08. The van der Waals surface area contributed by atoms with Gasteiger partial charge >= 0.3 is 0 Å². The molecule has 0 aromatic carbocycles. The molecule has 0 atom stereocenters. The Kier molecular flexibility index (Phi) is 2.14. The summed E-state index contributed by atoms with van der Waals surface area (Å²) in [4.78, 5) is 17.9. The molecule has 0 saturated heterocycles. The molecule has 3 nitrogen and oxygen atoms in total. The minimum atomic E-state index is -0.0845. The smallest absolute Gasteiger partial charge is 0.248 e. The lowest BCUT2D eigenvalue weighted by atomic mass is 10.1. The molecule has 0 fully saturated rings. The van der Waals surface area contributed by atoms with Crippen LogP contribution in [0.5, 0.6) is 0 Å².